The summed E-state index contributed by atoms with van der Waals surface area (Å²) in [4.78, 5) is 25.3. The maximum atomic E-state index is 13.1. The topological polar surface area (TPSA) is 80.3 Å². The van der Waals surface area contributed by atoms with E-state index in [0.717, 1.165) is 0 Å². The zero-order chi connectivity index (χ0) is 17.0. The van der Waals surface area contributed by atoms with E-state index < -0.39 is 37.9 Å². The molecular formula is C13H18Br2O7. The molecule has 2 rings (SSSR count). The molecule has 2 bridgehead atoms. The Morgan fingerprint density at radius 1 is 1.05 bits per heavy atom. The summed E-state index contributed by atoms with van der Waals surface area (Å²) in [5, 5.41) is 0. The van der Waals surface area contributed by atoms with Crippen molar-refractivity contribution in [2.45, 2.75) is 26.6 Å². The molecule has 0 saturated heterocycles. The molecule has 0 radical (unpaired) electrons. The molecular weight excluding hydrogens is 428 g/mol. The van der Waals surface area contributed by atoms with E-state index in [4.69, 9.17) is 23.7 Å². The predicted octanol–water partition coefficient (Wildman–Crippen LogP) is 1.01. The van der Waals surface area contributed by atoms with Gasteiger partial charge in [0.2, 0.25) is 11.6 Å². The van der Waals surface area contributed by atoms with Gasteiger partial charge in [0.1, 0.15) is 4.32 Å². The number of carbonyl (C=O) groups excluding carboxylic acids is 2. The van der Waals surface area contributed by atoms with Gasteiger partial charge in [-0.3, -0.25) is 9.59 Å². The van der Waals surface area contributed by atoms with Crippen molar-refractivity contribution in [3.8, 4) is 0 Å². The van der Waals surface area contributed by atoms with Gasteiger partial charge < -0.3 is 23.7 Å². The number of rotatable bonds is 5. The Morgan fingerprint density at radius 2 is 1.55 bits per heavy atom. The van der Waals surface area contributed by atoms with Gasteiger partial charge in [-0.25, -0.2) is 0 Å². The van der Waals surface area contributed by atoms with Crippen LogP contribution in [0, 0.1) is 5.92 Å². The summed E-state index contributed by atoms with van der Waals surface area (Å²) in [5.74, 6) is -5.09. The largest absolute Gasteiger partial charge is 0.469 e. The summed E-state index contributed by atoms with van der Waals surface area (Å²) in [6, 6.07) is 0. The van der Waals surface area contributed by atoms with E-state index in [2.05, 4.69) is 31.9 Å². The molecule has 0 spiro atoms. The van der Waals surface area contributed by atoms with Crippen LogP contribution in [0.5, 0.6) is 0 Å². The first-order valence-electron chi connectivity index (χ1n) is 6.44. The summed E-state index contributed by atoms with van der Waals surface area (Å²) in [7, 11) is 6.75. The highest BCUT2D eigenvalue weighted by Crippen LogP contribution is 2.72. The van der Waals surface area contributed by atoms with Gasteiger partial charge in [0.25, 0.3) is 5.79 Å². The average Bonchev–Trinajstić information content (AvgIpc) is 2.80. The molecule has 7 nitrogen and oxygen atoms in total. The van der Waals surface area contributed by atoms with Crippen LogP contribution in [0.2, 0.25) is 0 Å². The van der Waals surface area contributed by atoms with Gasteiger partial charge in [0.15, 0.2) is 4.32 Å². The molecule has 126 valence electrons. The van der Waals surface area contributed by atoms with Gasteiger partial charge in [0, 0.05) is 28.4 Å². The van der Waals surface area contributed by atoms with Crippen molar-refractivity contribution in [3.05, 3.63) is 0 Å². The van der Waals surface area contributed by atoms with Crippen molar-refractivity contribution >= 4 is 43.6 Å². The summed E-state index contributed by atoms with van der Waals surface area (Å²) in [6.45, 7) is 0. The monoisotopic (exact) mass is 444 g/mol. The maximum absolute atomic E-state index is 13.1. The molecule has 22 heavy (non-hydrogen) atoms. The van der Waals surface area contributed by atoms with Crippen LogP contribution < -0.4 is 0 Å². The standard InChI is InChI=1S/C13H18Br2O7/c1-18-8(16)7-6-10(14)12(19-2,20-3)9(17)11(7,15)13(10,21-4)22-5/h7H,6H2,1-5H3/t7-,10-,11+/m0/s1. The molecule has 0 aromatic carbocycles. The molecule has 2 fully saturated rings. The van der Waals surface area contributed by atoms with Crippen LogP contribution in [0.15, 0.2) is 0 Å². The molecule has 0 aromatic heterocycles. The number of Topliss-reactive ketones (excluding diaryl/α,β-unsaturated/α-hetero) is 1. The Hall–Kier alpha value is -0.0600. The number of alkyl halides is 2. The van der Waals surface area contributed by atoms with Crippen molar-refractivity contribution in [3.63, 3.8) is 0 Å². The van der Waals surface area contributed by atoms with Gasteiger partial charge in [-0.2, -0.15) is 0 Å². The number of methoxy groups -OCH3 is 5. The van der Waals surface area contributed by atoms with Crippen molar-refractivity contribution in [2.24, 2.45) is 5.92 Å². The second-order valence-corrected chi connectivity index (χ2v) is 7.78. The third-order valence-corrected chi connectivity index (χ3v) is 7.56. The highest BCUT2D eigenvalue weighted by molar-refractivity contribution is 9.11. The summed E-state index contributed by atoms with van der Waals surface area (Å²) in [5.41, 5.74) is 0. The lowest BCUT2D eigenvalue weighted by atomic mass is 9.83. The minimum absolute atomic E-state index is 0.153. The second kappa shape index (κ2) is 5.49. The molecule has 3 atom stereocenters. The van der Waals surface area contributed by atoms with Crippen LogP contribution in [0.1, 0.15) is 6.42 Å². The van der Waals surface area contributed by atoms with Gasteiger partial charge in [-0.15, -0.1) is 0 Å². The molecule has 9 heteroatoms. The Kier molecular flexibility index (Phi) is 4.56. The number of halogens is 2. The molecule has 0 N–H and O–H groups in total. The second-order valence-electron chi connectivity index (χ2n) is 5.17. The molecule has 0 aromatic rings. The van der Waals surface area contributed by atoms with E-state index in [-0.39, 0.29) is 6.42 Å². The van der Waals surface area contributed by atoms with Crippen molar-refractivity contribution in [2.75, 3.05) is 35.5 Å². The van der Waals surface area contributed by atoms with E-state index in [1.54, 1.807) is 0 Å². The van der Waals surface area contributed by atoms with Crippen LogP contribution in [-0.2, 0) is 33.3 Å². The number of esters is 1. The fraction of sp³-hybridized carbons (Fsp3) is 0.846. The van der Waals surface area contributed by atoms with Gasteiger partial charge in [-0.05, 0) is 6.42 Å². The zero-order valence-corrected chi connectivity index (χ0v) is 16.1. The first-order valence-corrected chi connectivity index (χ1v) is 8.02. The van der Waals surface area contributed by atoms with Gasteiger partial charge in [0.05, 0.1) is 13.0 Å². The fourth-order valence-electron chi connectivity index (χ4n) is 3.84. The third-order valence-electron chi connectivity index (χ3n) is 4.75. The summed E-state index contributed by atoms with van der Waals surface area (Å²) < 4.78 is 24.1. The first kappa shape index (κ1) is 18.3. The highest BCUT2D eigenvalue weighted by atomic mass is 79.9. The minimum atomic E-state index is -1.67. The van der Waals surface area contributed by atoms with Crippen molar-refractivity contribution in [1.82, 2.24) is 0 Å². The van der Waals surface area contributed by atoms with E-state index >= 15 is 0 Å². The molecule has 2 aliphatic rings. The Balaban J connectivity index is 2.77. The molecule has 0 aliphatic heterocycles. The molecule has 2 saturated carbocycles. The van der Waals surface area contributed by atoms with E-state index in [9.17, 15) is 9.59 Å². The Morgan fingerprint density at radius 3 is 1.91 bits per heavy atom. The van der Waals surface area contributed by atoms with Crippen LogP contribution in [0.25, 0.3) is 0 Å². The van der Waals surface area contributed by atoms with E-state index in [0.29, 0.717) is 0 Å². The lowest BCUT2D eigenvalue weighted by Crippen LogP contribution is -2.61. The number of ether oxygens (including phenoxy) is 5. The summed E-state index contributed by atoms with van der Waals surface area (Å²) in [6.07, 6.45) is 0.153. The van der Waals surface area contributed by atoms with E-state index in [1.807, 2.05) is 0 Å². The van der Waals surface area contributed by atoms with Gasteiger partial charge >= 0.3 is 5.97 Å². The number of carbonyl (C=O) groups is 2. The van der Waals surface area contributed by atoms with Crippen LogP contribution in [0.3, 0.4) is 0 Å². The smallest absolute Gasteiger partial charge is 0.310 e. The van der Waals surface area contributed by atoms with Gasteiger partial charge in [-0.1, -0.05) is 31.9 Å². The third kappa shape index (κ3) is 1.55. The van der Waals surface area contributed by atoms with Crippen LogP contribution in [0.4, 0.5) is 0 Å². The molecule has 0 unspecified atom stereocenters. The number of fused-ring (bicyclic) bond motifs is 2. The SMILES string of the molecule is COC(=O)[C@@H]1C[C@]2(Br)C(OC)(OC)C(=O)[C@@]1(Br)C2(OC)OC. The minimum Gasteiger partial charge on any atom is -0.469 e. The van der Waals surface area contributed by atoms with Crippen LogP contribution >= 0.6 is 31.9 Å². The Labute approximate surface area is 145 Å². The molecule has 0 heterocycles. The van der Waals surface area contributed by atoms with E-state index in [1.165, 1.54) is 35.5 Å². The average molecular weight is 446 g/mol. The lowest BCUT2D eigenvalue weighted by Gasteiger charge is -2.43. The molecule has 2 aliphatic carbocycles. The summed E-state index contributed by atoms with van der Waals surface area (Å²) >= 11 is 6.94. The normalized spacial score (nSPS) is 38.3. The van der Waals surface area contributed by atoms with Crippen molar-refractivity contribution in [1.29, 1.82) is 0 Å². The maximum Gasteiger partial charge on any atom is 0.310 e. The lowest BCUT2D eigenvalue weighted by molar-refractivity contribution is -0.265. The highest BCUT2D eigenvalue weighted by Gasteiger charge is 2.92. The zero-order valence-electron chi connectivity index (χ0n) is 12.9. The first-order chi connectivity index (χ1) is 10.2. The quantitative estimate of drug-likeness (QED) is 0.355. The number of ketones is 1. The van der Waals surface area contributed by atoms with Crippen LogP contribution in [-0.4, -0.2) is 67.5 Å². The number of hydrogen-bond donors (Lipinski definition) is 0. The fourth-order valence-corrected chi connectivity index (χ4v) is 6.84. The van der Waals surface area contributed by atoms with Crippen molar-refractivity contribution < 1.29 is 33.3 Å². The Bertz CT molecular complexity index is 503. The number of hydrogen-bond acceptors (Lipinski definition) is 7. The molecule has 0 amide bonds. The predicted molar refractivity (Wildman–Crippen MR) is 81.9 cm³/mol.